The molecule has 4 rings (SSSR count). The molecule has 3 radical (unpaired) electrons. The molecule has 4 heteroatoms. The van der Waals surface area contributed by atoms with E-state index in [0.29, 0.717) is 0 Å². The van der Waals surface area contributed by atoms with Crippen LogP contribution in [-0.2, 0) is 26.2 Å². The van der Waals surface area contributed by atoms with E-state index in [9.17, 15) is 0 Å². The monoisotopic (exact) mass is 473 g/mol. The van der Waals surface area contributed by atoms with Gasteiger partial charge in [-0.15, -0.1) is 34.5 Å². The summed E-state index contributed by atoms with van der Waals surface area (Å²) in [5.74, 6) is 0. The van der Waals surface area contributed by atoms with E-state index in [1.807, 2.05) is 0 Å². The van der Waals surface area contributed by atoms with Crippen molar-refractivity contribution in [1.29, 1.82) is 0 Å². The fraction of sp³-hybridized carbons (Fsp3) is 0.136. The third-order valence-electron chi connectivity index (χ3n) is 3.97. The second-order valence-corrected chi connectivity index (χ2v) is 6.87. The zero-order chi connectivity index (χ0) is 16.2. The summed E-state index contributed by atoms with van der Waals surface area (Å²) < 4.78 is 0. The second kappa shape index (κ2) is 11.8. The Bertz CT molecular complexity index is 942. The molecule has 0 fully saturated rings. The third-order valence-corrected chi connectivity index (χ3v) is 3.97. The van der Waals surface area contributed by atoms with Crippen LogP contribution < -0.4 is 24.8 Å². The van der Waals surface area contributed by atoms with Crippen molar-refractivity contribution in [2.24, 2.45) is 0 Å². The maximum absolute atomic E-state index is 2.28. The minimum atomic E-state index is 0. The Hall–Kier alpha value is -0.790. The molecule has 4 aromatic rings. The predicted molar refractivity (Wildman–Crippen MR) is 105 cm³/mol. The van der Waals surface area contributed by atoms with E-state index in [1.165, 1.54) is 38.2 Å². The maximum Gasteiger partial charge on any atom is 3.00 e. The quantitative estimate of drug-likeness (QED) is 0.278. The first kappa shape index (κ1) is 25.2. The van der Waals surface area contributed by atoms with Gasteiger partial charge in [-0.2, -0.15) is 6.07 Å². The average molecular weight is 476 g/mol. The molecule has 0 heterocycles. The van der Waals surface area contributed by atoms with Gasteiger partial charge in [-0.25, -0.2) is 0 Å². The van der Waals surface area contributed by atoms with Gasteiger partial charge >= 0.3 is 26.2 Å². The largest absolute Gasteiger partial charge is 3.00 e. The van der Waals surface area contributed by atoms with Crippen molar-refractivity contribution < 1.29 is 51.0 Å². The molecule has 131 valence electrons. The molecule has 26 heavy (non-hydrogen) atoms. The normalized spacial score (nSPS) is 9.35. The molecule has 0 amide bonds. The van der Waals surface area contributed by atoms with E-state index in [-0.39, 0.29) is 51.0 Å². The Morgan fingerprint density at radius 3 is 1.96 bits per heavy atom. The van der Waals surface area contributed by atoms with Crippen molar-refractivity contribution in [1.82, 2.24) is 0 Å². The Labute approximate surface area is 190 Å². The van der Waals surface area contributed by atoms with Gasteiger partial charge in [0.1, 0.15) is 0 Å². The summed E-state index contributed by atoms with van der Waals surface area (Å²) in [6.45, 7) is 6.47. The number of benzene rings is 3. The van der Waals surface area contributed by atoms with Crippen molar-refractivity contribution in [2.75, 3.05) is 0 Å². The van der Waals surface area contributed by atoms with E-state index in [2.05, 4.69) is 92.8 Å². The van der Waals surface area contributed by atoms with E-state index < -0.39 is 0 Å². The van der Waals surface area contributed by atoms with Gasteiger partial charge in [-0.05, 0) is 16.3 Å². The predicted octanol–water partition coefficient (Wildman–Crippen LogP) is 0.480. The summed E-state index contributed by atoms with van der Waals surface area (Å²) in [7, 11) is 1.08. The molecular formula is C22H21Cl2SiZr. The number of halogens is 2. The van der Waals surface area contributed by atoms with Crippen molar-refractivity contribution in [2.45, 2.75) is 20.0 Å². The van der Waals surface area contributed by atoms with Gasteiger partial charge in [0.25, 0.3) is 0 Å². The first-order valence-corrected chi connectivity index (χ1v) is 9.97. The van der Waals surface area contributed by atoms with Crippen LogP contribution in [0.3, 0.4) is 0 Å². The van der Waals surface area contributed by atoms with Gasteiger partial charge in [-0.3, -0.25) is 0 Å². The zero-order valence-corrected chi connectivity index (χ0v) is 20.2. The van der Waals surface area contributed by atoms with Gasteiger partial charge in [0.2, 0.25) is 0 Å². The Balaban J connectivity index is 0.000000980. The molecule has 0 bridgehead atoms. The molecule has 0 aliphatic carbocycles. The molecule has 0 N–H and O–H groups in total. The van der Waals surface area contributed by atoms with E-state index in [0.717, 1.165) is 9.52 Å². The summed E-state index contributed by atoms with van der Waals surface area (Å²) in [6.07, 6.45) is 0. The number of rotatable bonds is 1. The Morgan fingerprint density at radius 2 is 1.27 bits per heavy atom. The topological polar surface area (TPSA) is 0 Å². The van der Waals surface area contributed by atoms with Gasteiger partial charge in [0.15, 0.2) is 0 Å². The van der Waals surface area contributed by atoms with Crippen LogP contribution in [0.2, 0.25) is 13.1 Å². The van der Waals surface area contributed by atoms with Gasteiger partial charge in [-0.1, -0.05) is 74.1 Å². The van der Waals surface area contributed by atoms with Crippen molar-refractivity contribution in [3.8, 4) is 11.1 Å². The first-order valence-electron chi connectivity index (χ1n) is 7.97. The molecule has 0 aromatic heterocycles. The summed E-state index contributed by atoms with van der Waals surface area (Å²) in [5, 5.41) is 5.29. The van der Waals surface area contributed by atoms with Crippen LogP contribution in [0.5, 0.6) is 0 Å². The molecule has 0 saturated heterocycles. The first-order chi connectivity index (χ1) is 11.2. The zero-order valence-electron chi connectivity index (χ0n) is 15.2. The minimum absolute atomic E-state index is 0. The maximum atomic E-state index is 2.28. The standard InChI is InChI=1S/C20H15.C2H6Si.2ClH.Zr/c1-14-12-16-8-5-11-19(20(16)13-14)18-10-4-7-15-6-2-3-9-17(15)18;1-3-2;;;/h2-13H,1H3;1-2H3;2*1H;/q-1;;;;+3/p-2. The third kappa shape index (κ3) is 5.36. The van der Waals surface area contributed by atoms with Crippen LogP contribution in [0.15, 0.2) is 72.8 Å². The summed E-state index contributed by atoms with van der Waals surface area (Å²) in [5.41, 5.74) is 3.97. The summed E-state index contributed by atoms with van der Waals surface area (Å²) in [4.78, 5) is 0. The molecular weight excluding hydrogens is 454 g/mol. The molecule has 0 unspecified atom stereocenters. The van der Waals surface area contributed by atoms with Crippen LogP contribution >= 0.6 is 0 Å². The van der Waals surface area contributed by atoms with Crippen molar-refractivity contribution >= 4 is 31.1 Å². The van der Waals surface area contributed by atoms with Crippen molar-refractivity contribution in [3.05, 3.63) is 78.4 Å². The fourth-order valence-electron chi connectivity index (χ4n) is 3.08. The smallest absolute Gasteiger partial charge is 1.00 e. The van der Waals surface area contributed by atoms with Gasteiger partial charge < -0.3 is 24.8 Å². The number of aryl methyl sites for hydroxylation is 1. The molecule has 4 aromatic carbocycles. The van der Waals surface area contributed by atoms with Crippen LogP contribution in [0, 0.1) is 6.92 Å². The summed E-state index contributed by atoms with van der Waals surface area (Å²) in [6, 6.07) is 26.2. The fourth-order valence-corrected chi connectivity index (χ4v) is 3.08. The molecule has 0 nitrogen and oxygen atoms in total. The SMILES string of the molecule is C[Si]C.Cc1cc2c(-c3cccc4ccccc34)cccc2[cH-]1.[Cl-].[Cl-].[Zr+3]. The number of fused-ring (bicyclic) bond motifs is 2. The molecule has 0 aliphatic rings. The average Bonchev–Trinajstić information content (AvgIpc) is 2.95. The van der Waals surface area contributed by atoms with Gasteiger partial charge in [0, 0.05) is 9.52 Å². The van der Waals surface area contributed by atoms with Gasteiger partial charge in [0.05, 0.1) is 0 Å². The number of hydrogen-bond donors (Lipinski definition) is 0. The molecule has 0 saturated carbocycles. The molecule has 0 spiro atoms. The Kier molecular flexibility index (Phi) is 11.5. The Morgan fingerprint density at radius 1 is 0.731 bits per heavy atom. The minimum Gasteiger partial charge on any atom is -1.00 e. The number of hydrogen-bond acceptors (Lipinski definition) is 0. The van der Waals surface area contributed by atoms with Crippen molar-refractivity contribution in [3.63, 3.8) is 0 Å². The van der Waals surface area contributed by atoms with Crippen LogP contribution in [0.4, 0.5) is 0 Å². The van der Waals surface area contributed by atoms with E-state index >= 15 is 0 Å². The molecule has 0 aliphatic heterocycles. The summed E-state index contributed by atoms with van der Waals surface area (Å²) >= 11 is 0. The van der Waals surface area contributed by atoms with Crippen LogP contribution in [0.25, 0.3) is 32.7 Å². The van der Waals surface area contributed by atoms with E-state index in [4.69, 9.17) is 0 Å². The second-order valence-electron chi connectivity index (χ2n) is 5.87. The van der Waals surface area contributed by atoms with Crippen LogP contribution in [-0.4, -0.2) is 9.52 Å². The van der Waals surface area contributed by atoms with E-state index in [1.54, 1.807) is 0 Å². The van der Waals surface area contributed by atoms with Crippen LogP contribution in [0.1, 0.15) is 5.56 Å². The molecule has 0 atom stereocenters.